The lowest BCUT2D eigenvalue weighted by Gasteiger charge is -2.16. The number of hydrogen-bond acceptors (Lipinski definition) is 3. The Kier molecular flexibility index (Phi) is 3.40. The van der Waals surface area contributed by atoms with E-state index in [1.165, 1.54) is 16.7 Å². The molecule has 4 nitrogen and oxygen atoms in total. The number of rotatable bonds is 2. The minimum atomic E-state index is 0.000957. The highest BCUT2D eigenvalue weighted by Crippen LogP contribution is 2.13. The van der Waals surface area contributed by atoms with Gasteiger partial charge in [-0.25, -0.2) is 4.98 Å². The van der Waals surface area contributed by atoms with Crippen LogP contribution in [0.25, 0.3) is 0 Å². The van der Waals surface area contributed by atoms with Crippen LogP contribution >= 0.6 is 0 Å². The third-order valence-corrected chi connectivity index (χ3v) is 3.93. The first-order chi connectivity index (χ1) is 9.63. The molecule has 4 heteroatoms. The van der Waals surface area contributed by atoms with Gasteiger partial charge in [-0.1, -0.05) is 18.2 Å². The van der Waals surface area contributed by atoms with Crippen molar-refractivity contribution in [2.75, 3.05) is 6.54 Å². The summed E-state index contributed by atoms with van der Waals surface area (Å²) in [6, 6.07) is 6.38. The second-order valence-corrected chi connectivity index (χ2v) is 5.46. The van der Waals surface area contributed by atoms with Crippen molar-refractivity contribution in [1.29, 1.82) is 0 Å². The minimum Gasteiger partial charge on any atom is -0.312 e. The highest BCUT2D eigenvalue weighted by atomic mass is 16.1. The van der Waals surface area contributed by atoms with Gasteiger partial charge in [-0.2, -0.15) is 0 Å². The van der Waals surface area contributed by atoms with Crippen molar-refractivity contribution in [2.45, 2.75) is 33.2 Å². The summed E-state index contributed by atoms with van der Waals surface area (Å²) in [4.78, 5) is 19.6. The quantitative estimate of drug-likeness (QED) is 0.871. The van der Waals surface area contributed by atoms with Crippen LogP contribution in [0.4, 0.5) is 0 Å². The summed E-state index contributed by atoms with van der Waals surface area (Å²) < 4.78 is 0. The summed E-state index contributed by atoms with van der Waals surface area (Å²) >= 11 is 0. The molecule has 2 N–H and O–H groups in total. The molecule has 20 heavy (non-hydrogen) atoms. The Bertz CT molecular complexity index is 703. The van der Waals surface area contributed by atoms with Gasteiger partial charge in [0, 0.05) is 25.9 Å². The molecule has 2 aromatic rings. The summed E-state index contributed by atoms with van der Waals surface area (Å²) in [6.45, 7) is 5.73. The summed E-state index contributed by atoms with van der Waals surface area (Å²) in [5.74, 6) is 0.763. The molecular weight excluding hydrogens is 250 g/mol. The molecule has 1 aromatic heterocycles. The van der Waals surface area contributed by atoms with E-state index in [2.05, 4.69) is 47.3 Å². The normalized spacial score (nSPS) is 14.1. The van der Waals surface area contributed by atoms with Crippen molar-refractivity contribution in [3.05, 3.63) is 62.3 Å². The van der Waals surface area contributed by atoms with Gasteiger partial charge in [-0.15, -0.1) is 0 Å². The number of nitrogens with zero attached hydrogens (tertiary/aromatic N) is 1. The molecule has 0 atom stereocenters. The average Bonchev–Trinajstić information content (AvgIpc) is 2.43. The van der Waals surface area contributed by atoms with E-state index >= 15 is 0 Å². The lowest BCUT2D eigenvalue weighted by Crippen LogP contribution is -2.32. The van der Waals surface area contributed by atoms with Gasteiger partial charge in [0.2, 0.25) is 0 Å². The Morgan fingerprint density at radius 3 is 2.90 bits per heavy atom. The Morgan fingerprint density at radius 2 is 2.10 bits per heavy atom. The highest BCUT2D eigenvalue weighted by molar-refractivity contribution is 5.32. The molecule has 1 aliphatic heterocycles. The molecule has 104 valence electrons. The van der Waals surface area contributed by atoms with E-state index in [0.29, 0.717) is 13.0 Å². The second-order valence-electron chi connectivity index (χ2n) is 5.46. The molecule has 0 fully saturated rings. The lowest BCUT2D eigenvalue weighted by atomic mass is 10.0. The Balaban J connectivity index is 1.93. The number of nitrogens with one attached hydrogen (secondary N) is 2. The van der Waals surface area contributed by atoms with Gasteiger partial charge in [-0.3, -0.25) is 4.79 Å². The first-order valence-electron chi connectivity index (χ1n) is 7.01. The molecular formula is C16H19N3O. The molecule has 0 radical (unpaired) electrons. The standard InChI is InChI=1S/C16H19N3O/c1-10-3-4-12(7-11(10)2)8-15-18-14-5-6-17-9-13(14)16(20)19-15/h3-4,7,17H,5-6,8-9H2,1-2H3,(H,18,19,20). The van der Waals surface area contributed by atoms with Crippen LogP contribution in [-0.2, 0) is 19.4 Å². The Morgan fingerprint density at radius 1 is 1.25 bits per heavy atom. The van der Waals surface area contributed by atoms with E-state index in [9.17, 15) is 4.79 Å². The summed E-state index contributed by atoms with van der Waals surface area (Å²) in [5, 5.41) is 3.20. The topological polar surface area (TPSA) is 57.8 Å². The molecule has 2 heterocycles. The fraction of sp³-hybridized carbons (Fsp3) is 0.375. The van der Waals surface area contributed by atoms with E-state index in [-0.39, 0.29) is 5.56 Å². The van der Waals surface area contributed by atoms with Crippen LogP contribution < -0.4 is 10.9 Å². The Hall–Kier alpha value is -1.94. The van der Waals surface area contributed by atoms with Crippen molar-refractivity contribution in [3.8, 4) is 0 Å². The molecule has 3 rings (SSSR count). The van der Waals surface area contributed by atoms with Crippen LogP contribution in [0.15, 0.2) is 23.0 Å². The van der Waals surface area contributed by atoms with Crippen LogP contribution in [0.3, 0.4) is 0 Å². The molecule has 0 saturated carbocycles. The van der Waals surface area contributed by atoms with Crippen LogP contribution in [0, 0.1) is 13.8 Å². The number of hydrogen-bond donors (Lipinski definition) is 2. The van der Waals surface area contributed by atoms with Crippen molar-refractivity contribution in [2.24, 2.45) is 0 Å². The Labute approximate surface area is 118 Å². The largest absolute Gasteiger partial charge is 0.312 e. The maximum Gasteiger partial charge on any atom is 0.255 e. The second kappa shape index (κ2) is 5.21. The maximum atomic E-state index is 12.1. The van der Waals surface area contributed by atoms with Crippen molar-refractivity contribution in [1.82, 2.24) is 15.3 Å². The minimum absolute atomic E-state index is 0.000957. The molecule has 0 spiro atoms. The smallest absolute Gasteiger partial charge is 0.255 e. The fourth-order valence-corrected chi connectivity index (χ4v) is 2.60. The number of aromatic nitrogens is 2. The van der Waals surface area contributed by atoms with Crippen LogP contribution in [0.5, 0.6) is 0 Å². The maximum absolute atomic E-state index is 12.1. The van der Waals surface area contributed by atoms with E-state index in [1.807, 2.05) is 0 Å². The molecule has 0 amide bonds. The zero-order chi connectivity index (χ0) is 14.1. The number of H-pyrrole nitrogens is 1. The van der Waals surface area contributed by atoms with Gasteiger partial charge in [0.15, 0.2) is 0 Å². The molecule has 0 unspecified atom stereocenters. The molecule has 1 aromatic carbocycles. The predicted octanol–water partition coefficient (Wildman–Crippen LogP) is 1.62. The zero-order valence-electron chi connectivity index (χ0n) is 11.9. The number of fused-ring (bicyclic) bond motifs is 1. The first-order valence-corrected chi connectivity index (χ1v) is 7.01. The van der Waals surface area contributed by atoms with E-state index in [0.717, 1.165) is 30.0 Å². The zero-order valence-corrected chi connectivity index (χ0v) is 11.9. The third kappa shape index (κ3) is 2.51. The van der Waals surface area contributed by atoms with Gasteiger partial charge >= 0.3 is 0 Å². The average molecular weight is 269 g/mol. The van der Waals surface area contributed by atoms with E-state index in [4.69, 9.17) is 0 Å². The SMILES string of the molecule is Cc1ccc(Cc2nc3c(c(=O)[nH]2)CNCC3)cc1C. The predicted molar refractivity (Wildman–Crippen MR) is 79.0 cm³/mol. The molecule has 0 saturated heterocycles. The van der Waals surface area contributed by atoms with Gasteiger partial charge in [0.1, 0.15) is 5.82 Å². The highest BCUT2D eigenvalue weighted by Gasteiger charge is 2.15. The van der Waals surface area contributed by atoms with Gasteiger partial charge < -0.3 is 10.3 Å². The molecule has 0 aliphatic carbocycles. The number of benzene rings is 1. The van der Waals surface area contributed by atoms with Crippen LogP contribution in [0.1, 0.15) is 33.8 Å². The number of aromatic amines is 1. The third-order valence-electron chi connectivity index (χ3n) is 3.93. The van der Waals surface area contributed by atoms with E-state index in [1.54, 1.807) is 0 Å². The summed E-state index contributed by atoms with van der Waals surface area (Å²) in [7, 11) is 0. The van der Waals surface area contributed by atoms with Crippen molar-refractivity contribution >= 4 is 0 Å². The lowest BCUT2D eigenvalue weighted by molar-refractivity contribution is 0.615. The molecule has 1 aliphatic rings. The van der Waals surface area contributed by atoms with Crippen LogP contribution in [-0.4, -0.2) is 16.5 Å². The first kappa shape index (κ1) is 13.1. The van der Waals surface area contributed by atoms with Crippen molar-refractivity contribution < 1.29 is 0 Å². The summed E-state index contributed by atoms with van der Waals surface area (Å²) in [6.07, 6.45) is 1.51. The summed E-state index contributed by atoms with van der Waals surface area (Å²) in [5.41, 5.74) is 5.48. The monoisotopic (exact) mass is 269 g/mol. The van der Waals surface area contributed by atoms with E-state index < -0.39 is 0 Å². The molecule has 0 bridgehead atoms. The van der Waals surface area contributed by atoms with Crippen molar-refractivity contribution in [3.63, 3.8) is 0 Å². The number of aryl methyl sites for hydroxylation is 2. The van der Waals surface area contributed by atoms with Gasteiger partial charge in [0.05, 0.1) is 11.3 Å². The van der Waals surface area contributed by atoms with Crippen LogP contribution in [0.2, 0.25) is 0 Å². The van der Waals surface area contributed by atoms with Gasteiger partial charge in [-0.05, 0) is 30.5 Å². The van der Waals surface area contributed by atoms with Gasteiger partial charge in [0.25, 0.3) is 5.56 Å². The fourth-order valence-electron chi connectivity index (χ4n) is 2.60.